The fourth-order valence-electron chi connectivity index (χ4n) is 1.84. The van der Waals surface area contributed by atoms with Crippen molar-refractivity contribution in [3.8, 4) is 11.3 Å². The van der Waals surface area contributed by atoms with Crippen LogP contribution in [0.25, 0.3) is 11.3 Å². The highest BCUT2D eigenvalue weighted by Crippen LogP contribution is 2.19. The van der Waals surface area contributed by atoms with Gasteiger partial charge in [-0.2, -0.15) is 0 Å². The first kappa shape index (κ1) is 11.4. The van der Waals surface area contributed by atoms with Gasteiger partial charge in [-0.3, -0.25) is 4.98 Å². The Morgan fingerprint density at radius 1 is 0.737 bits per heavy atom. The summed E-state index contributed by atoms with van der Waals surface area (Å²) in [6.45, 7) is 0. The van der Waals surface area contributed by atoms with Crippen LogP contribution >= 0.6 is 0 Å². The second-order valence-corrected chi connectivity index (χ2v) is 4.15. The van der Waals surface area contributed by atoms with Crippen molar-refractivity contribution in [1.29, 1.82) is 0 Å². The Morgan fingerprint density at radius 2 is 1.42 bits per heavy atom. The van der Waals surface area contributed by atoms with Crippen molar-refractivity contribution < 1.29 is 0 Å². The van der Waals surface area contributed by atoms with E-state index >= 15 is 0 Å². The molecule has 0 spiro atoms. The maximum atomic E-state index is 4.56. The Hall–Kier alpha value is -2.68. The maximum absolute atomic E-state index is 4.56. The van der Waals surface area contributed by atoms with Gasteiger partial charge in [0, 0.05) is 11.3 Å². The van der Waals surface area contributed by atoms with Gasteiger partial charge < -0.3 is 5.32 Å². The predicted molar refractivity (Wildman–Crippen MR) is 77.2 cm³/mol. The molecule has 3 rings (SSSR count). The van der Waals surface area contributed by atoms with Crippen molar-refractivity contribution in [3.63, 3.8) is 0 Å². The Kier molecular flexibility index (Phi) is 3.19. The lowest BCUT2D eigenvalue weighted by molar-refractivity contribution is 1.20. The highest BCUT2D eigenvalue weighted by atomic mass is 15.0. The second kappa shape index (κ2) is 5.31. The van der Waals surface area contributed by atoms with Gasteiger partial charge in [-0.1, -0.05) is 48.5 Å². The van der Waals surface area contributed by atoms with Gasteiger partial charge in [0.15, 0.2) is 0 Å². The summed E-state index contributed by atoms with van der Waals surface area (Å²) in [6.07, 6.45) is 3.49. The van der Waals surface area contributed by atoms with Gasteiger partial charge in [0.25, 0.3) is 0 Å². The Bertz CT molecular complexity index is 651. The molecule has 3 nitrogen and oxygen atoms in total. The molecule has 3 aromatic rings. The molecule has 0 amide bonds. The van der Waals surface area contributed by atoms with Gasteiger partial charge in [0.1, 0.15) is 5.82 Å². The first-order valence-corrected chi connectivity index (χ1v) is 6.11. The number of hydrogen-bond acceptors (Lipinski definition) is 3. The summed E-state index contributed by atoms with van der Waals surface area (Å²) in [7, 11) is 0. The van der Waals surface area contributed by atoms with Crippen LogP contribution in [0.3, 0.4) is 0 Å². The number of nitrogens with zero attached hydrogens (tertiary/aromatic N) is 2. The topological polar surface area (TPSA) is 37.8 Å². The van der Waals surface area contributed by atoms with E-state index in [1.165, 1.54) is 0 Å². The van der Waals surface area contributed by atoms with E-state index < -0.39 is 0 Å². The molecule has 0 aliphatic rings. The van der Waals surface area contributed by atoms with E-state index in [1.807, 2.05) is 60.7 Å². The summed E-state index contributed by atoms with van der Waals surface area (Å²) in [5, 5.41) is 3.24. The molecule has 0 atom stereocenters. The van der Waals surface area contributed by atoms with Crippen LogP contribution in [0.15, 0.2) is 73.1 Å². The average molecular weight is 247 g/mol. The quantitative estimate of drug-likeness (QED) is 0.763. The van der Waals surface area contributed by atoms with Gasteiger partial charge >= 0.3 is 0 Å². The van der Waals surface area contributed by atoms with E-state index in [0.29, 0.717) is 0 Å². The van der Waals surface area contributed by atoms with E-state index in [-0.39, 0.29) is 0 Å². The zero-order valence-corrected chi connectivity index (χ0v) is 10.3. The molecule has 1 heterocycles. The van der Waals surface area contributed by atoms with Crippen LogP contribution in [0.4, 0.5) is 11.5 Å². The molecular formula is C16H13N3. The predicted octanol–water partition coefficient (Wildman–Crippen LogP) is 3.89. The average Bonchev–Trinajstić information content (AvgIpc) is 2.49. The summed E-state index contributed by atoms with van der Waals surface area (Å²) < 4.78 is 0. The maximum Gasteiger partial charge on any atom is 0.149 e. The molecule has 1 aromatic heterocycles. The third-order valence-electron chi connectivity index (χ3n) is 2.75. The molecule has 0 aliphatic heterocycles. The zero-order chi connectivity index (χ0) is 12.9. The first-order chi connectivity index (χ1) is 9.42. The van der Waals surface area contributed by atoms with Crippen molar-refractivity contribution in [1.82, 2.24) is 9.97 Å². The first-order valence-electron chi connectivity index (χ1n) is 6.11. The second-order valence-electron chi connectivity index (χ2n) is 4.15. The fourth-order valence-corrected chi connectivity index (χ4v) is 1.84. The fraction of sp³-hybridized carbons (Fsp3) is 0. The minimum atomic E-state index is 0.743. The minimum absolute atomic E-state index is 0.743. The number of nitrogens with one attached hydrogen (secondary N) is 1. The van der Waals surface area contributed by atoms with Crippen LogP contribution in [0.5, 0.6) is 0 Å². The molecule has 1 N–H and O–H groups in total. The van der Waals surface area contributed by atoms with Crippen molar-refractivity contribution in [2.45, 2.75) is 0 Å². The molecule has 0 aliphatic carbocycles. The zero-order valence-electron chi connectivity index (χ0n) is 10.3. The van der Waals surface area contributed by atoms with E-state index in [4.69, 9.17) is 0 Å². The van der Waals surface area contributed by atoms with Crippen molar-refractivity contribution >= 4 is 11.5 Å². The highest BCUT2D eigenvalue weighted by Gasteiger charge is 2.01. The van der Waals surface area contributed by atoms with Crippen LogP contribution in [0.2, 0.25) is 0 Å². The number of para-hydroxylation sites is 1. The third-order valence-corrected chi connectivity index (χ3v) is 2.75. The van der Waals surface area contributed by atoms with Crippen LogP contribution in [0, 0.1) is 0 Å². The van der Waals surface area contributed by atoms with Gasteiger partial charge in [-0.15, -0.1) is 0 Å². The van der Waals surface area contributed by atoms with Crippen molar-refractivity contribution in [3.05, 3.63) is 73.1 Å². The van der Waals surface area contributed by atoms with E-state index in [2.05, 4.69) is 15.3 Å². The summed E-state index contributed by atoms with van der Waals surface area (Å²) in [5.41, 5.74) is 2.93. The van der Waals surface area contributed by atoms with Crippen LogP contribution < -0.4 is 5.32 Å². The van der Waals surface area contributed by atoms with Gasteiger partial charge in [0.05, 0.1) is 18.1 Å². The molecule has 3 heteroatoms. The smallest absolute Gasteiger partial charge is 0.149 e. The molecule has 0 fully saturated rings. The molecule has 92 valence electrons. The summed E-state index contributed by atoms with van der Waals surface area (Å²) in [5.74, 6) is 0.743. The van der Waals surface area contributed by atoms with Gasteiger partial charge in [-0.25, -0.2) is 4.98 Å². The van der Waals surface area contributed by atoms with Crippen LogP contribution in [0.1, 0.15) is 0 Å². The lowest BCUT2D eigenvalue weighted by atomic mass is 10.2. The van der Waals surface area contributed by atoms with Gasteiger partial charge in [0.2, 0.25) is 0 Å². The molecule has 19 heavy (non-hydrogen) atoms. The van der Waals surface area contributed by atoms with Crippen molar-refractivity contribution in [2.75, 3.05) is 5.32 Å². The van der Waals surface area contributed by atoms with E-state index in [0.717, 1.165) is 22.8 Å². The van der Waals surface area contributed by atoms with Crippen molar-refractivity contribution in [2.24, 2.45) is 0 Å². The third kappa shape index (κ3) is 2.77. The summed E-state index contributed by atoms with van der Waals surface area (Å²) in [6, 6.07) is 20.0. The van der Waals surface area contributed by atoms with Crippen LogP contribution in [-0.2, 0) is 0 Å². The molecular weight excluding hydrogens is 234 g/mol. The lowest BCUT2D eigenvalue weighted by Crippen LogP contribution is -1.95. The van der Waals surface area contributed by atoms with Crippen LogP contribution in [-0.4, -0.2) is 9.97 Å². The summed E-state index contributed by atoms with van der Waals surface area (Å²) in [4.78, 5) is 8.80. The van der Waals surface area contributed by atoms with Gasteiger partial charge in [-0.05, 0) is 12.1 Å². The summed E-state index contributed by atoms with van der Waals surface area (Å²) >= 11 is 0. The largest absolute Gasteiger partial charge is 0.339 e. The molecule has 0 unspecified atom stereocenters. The number of hydrogen-bond donors (Lipinski definition) is 1. The molecule has 0 saturated carbocycles. The minimum Gasteiger partial charge on any atom is -0.339 e. The standard InChI is InChI=1S/C16H13N3/c1-3-7-13(8-4-1)15-11-17-12-16(19-15)18-14-9-5-2-6-10-14/h1-12H,(H,18,19). The number of aromatic nitrogens is 2. The lowest BCUT2D eigenvalue weighted by Gasteiger charge is -2.06. The number of anilines is 2. The molecule has 0 radical (unpaired) electrons. The number of benzene rings is 2. The normalized spacial score (nSPS) is 10.1. The molecule has 0 saturated heterocycles. The van der Waals surface area contributed by atoms with E-state index in [9.17, 15) is 0 Å². The highest BCUT2D eigenvalue weighted by molar-refractivity contribution is 5.62. The Morgan fingerprint density at radius 3 is 2.16 bits per heavy atom. The Labute approximate surface area is 112 Å². The Balaban J connectivity index is 1.89. The number of rotatable bonds is 3. The molecule has 2 aromatic carbocycles. The monoisotopic (exact) mass is 247 g/mol. The van der Waals surface area contributed by atoms with E-state index in [1.54, 1.807) is 12.4 Å². The molecule has 0 bridgehead atoms. The SMILES string of the molecule is c1ccc(Nc2cncc(-c3ccccc3)n2)cc1.